The average molecular weight is 304 g/mol. The predicted molar refractivity (Wildman–Crippen MR) is 71.4 cm³/mol. The fraction of sp³-hybridized carbons (Fsp3) is 0.385. The first-order chi connectivity index (χ1) is 9.43. The lowest BCUT2D eigenvalue weighted by molar-refractivity contribution is -0.145. The second-order valence-electron chi connectivity index (χ2n) is 4.07. The van der Waals surface area contributed by atoms with Crippen LogP contribution in [0.2, 0.25) is 5.02 Å². The zero-order valence-electron chi connectivity index (χ0n) is 10.9. The molecule has 0 heterocycles. The highest BCUT2D eigenvalue weighted by molar-refractivity contribution is 6.32. The fourth-order valence-corrected chi connectivity index (χ4v) is 1.77. The Labute approximate surface area is 120 Å². The number of amides is 1. The number of ether oxygens (including phenoxy) is 1. The molecule has 5 nitrogen and oxygen atoms in total. The summed E-state index contributed by atoms with van der Waals surface area (Å²) in [5, 5.41) is 8.78. The van der Waals surface area contributed by atoms with Gasteiger partial charge in [-0.3, -0.25) is 9.59 Å². The molecule has 0 fully saturated rings. The van der Waals surface area contributed by atoms with Gasteiger partial charge in [0.1, 0.15) is 18.1 Å². The van der Waals surface area contributed by atoms with Gasteiger partial charge in [0.15, 0.2) is 6.61 Å². The van der Waals surface area contributed by atoms with Crippen LogP contribution in [0.15, 0.2) is 18.2 Å². The first-order valence-electron chi connectivity index (χ1n) is 6.01. The number of carbonyl (C=O) groups excluding carboxylic acids is 1. The van der Waals surface area contributed by atoms with Crippen molar-refractivity contribution < 1.29 is 23.8 Å². The molecule has 0 aliphatic heterocycles. The molecular formula is C13H15ClFNO4. The predicted octanol–water partition coefficient (Wildman–Crippen LogP) is 2.18. The summed E-state index contributed by atoms with van der Waals surface area (Å²) in [4.78, 5) is 23.7. The Morgan fingerprint density at radius 1 is 1.45 bits per heavy atom. The Balaban J connectivity index is 2.62. The summed E-state index contributed by atoms with van der Waals surface area (Å²) in [6, 6.07) is 3.54. The quantitative estimate of drug-likeness (QED) is 0.838. The van der Waals surface area contributed by atoms with Crippen molar-refractivity contribution in [3.05, 3.63) is 29.0 Å². The summed E-state index contributed by atoms with van der Waals surface area (Å²) in [7, 11) is 0. The van der Waals surface area contributed by atoms with Crippen LogP contribution in [0.3, 0.4) is 0 Å². The number of benzene rings is 1. The van der Waals surface area contributed by atoms with Crippen LogP contribution in [-0.2, 0) is 9.59 Å². The number of hydrogen-bond acceptors (Lipinski definition) is 3. The van der Waals surface area contributed by atoms with Gasteiger partial charge in [0.2, 0.25) is 0 Å². The van der Waals surface area contributed by atoms with Gasteiger partial charge < -0.3 is 14.7 Å². The van der Waals surface area contributed by atoms with Gasteiger partial charge in [-0.2, -0.15) is 0 Å². The second kappa shape index (κ2) is 7.69. The lowest BCUT2D eigenvalue weighted by Crippen LogP contribution is -2.39. The molecule has 110 valence electrons. The highest BCUT2D eigenvalue weighted by Crippen LogP contribution is 2.24. The molecule has 0 bridgehead atoms. The van der Waals surface area contributed by atoms with Crippen molar-refractivity contribution in [1.82, 2.24) is 4.90 Å². The third-order valence-electron chi connectivity index (χ3n) is 2.42. The van der Waals surface area contributed by atoms with Crippen molar-refractivity contribution >= 4 is 23.5 Å². The topological polar surface area (TPSA) is 66.8 Å². The van der Waals surface area contributed by atoms with Gasteiger partial charge in [-0.15, -0.1) is 0 Å². The summed E-state index contributed by atoms with van der Waals surface area (Å²) in [5.74, 6) is -1.89. The molecule has 0 unspecified atom stereocenters. The van der Waals surface area contributed by atoms with Gasteiger partial charge in [-0.25, -0.2) is 4.39 Å². The zero-order valence-corrected chi connectivity index (χ0v) is 11.7. The third kappa shape index (κ3) is 5.05. The van der Waals surface area contributed by atoms with Crippen molar-refractivity contribution in [3.63, 3.8) is 0 Å². The molecule has 1 N–H and O–H groups in total. The van der Waals surface area contributed by atoms with Crippen LogP contribution in [0, 0.1) is 5.82 Å². The van der Waals surface area contributed by atoms with Crippen LogP contribution in [0.25, 0.3) is 0 Å². The van der Waals surface area contributed by atoms with Gasteiger partial charge in [0.25, 0.3) is 5.91 Å². The van der Waals surface area contributed by atoms with E-state index in [4.69, 9.17) is 21.4 Å². The molecule has 1 aromatic carbocycles. The number of carboxylic acids is 1. The van der Waals surface area contributed by atoms with E-state index in [0.717, 1.165) is 12.1 Å². The average Bonchev–Trinajstić information content (AvgIpc) is 2.36. The van der Waals surface area contributed by atoms with Gasteiger partial charge in [-0.1, -0.05) is 18.5 Å². The standard InChI is InChI=1S/C13H15ClFNO4/c1-2-5-16(7-13(18)19)12(17)8-20-11-4-3-9(15)6-10(11)14/h3-4,6H,2,5,7-8H2,1H3,(H,18,19). The Kier molecular flexibility index (Phi) is 6.24. The number of carbonyl (C=O) groups is 2. The molecule has 1 aromatic rings. The molecule has 0 aliphatic rings. The molecule has 7 heteroatoms. The van der Waals surface area contributed by atoms with E-state index in [1.54, 1.807) is 0 Å². The third-order valence-corrected chi connectivity index (χ3v) is 2.71. The highest BCUT2D eigenvalue weighted by atomic mass is 35.5. The van der Waals surface area contributed by atoms with Crippen LogP contribution in [-0.4, -0.2) is 41.6 Å². The van der Waals surface area contributed by atoms with Gasteiger partial charge in [0.05, 0.1) is 5.02 Å². The minimum Gasteiger partial charge on any atom is -0.482 e. The van der Waals surface area contributed by atoms with Crippen molar-refractivity contribution in [2.75, 3.05) is 19.7 Å². The molecule has 0 spiro atoms. The minimum absolute atomic E-state index is 0.0538. The van der Waals surface area contributed by atoms with E-state index >= 15 is 0 Å². The van der Waals surface area contributed by atoms with E-state index in [1.165, 1.54) is 11.0 Å². The molecule has 1 rings (SSSR count). The molecule has 0 aromatic heterocycles. The first kappa shape index (κ1) is 16.2. The lowest BCUT2D eigenvalue weighted by Gasteiger charge is -2.20. The van der Waals surface area contributed by atoms with Crippen molar-refractivity contribution in [2.45, 2.75) is 13.3 Å². The molecule has 0 aliphatic carbocycles. The summed E-state index contributed by atoms with van der Waals surface area (Å²) in [5.41, 5.74) is 0. The number of carboxylic acid groups (broad SMARTS) is 1. The van der Waals surface area contributed by atoms with Crippen LogP contribution in [0.4, 0.5) is 4.39 Å². The number of aliphatic carboxylic acids is 1. The molecule has 20 heavy (non-hydrogen) atoms. The van der Waals surface area contributed by atoms with Gasteiger partial charge >= 0.3 is 5.97 Å². The molecule has 1 amide bonds. The molecule has 0 atom stereocenters. The van der Waals surface area contributed by atoms with E-state index in [-0.39, 0.29) is 23.9 Å². The Hall–Kier alpha value is -1.82. The summed E-state index contributed by atoms with van der Waals surface area (Å²) in [6.07, 6.45) is 0.635. The Morgan fingerprint density at radius 2 is 2.15 bits per heavy atom. The lowest BCUT2D eigenvalue weighted by atomic mass is 10.3. The number of rotatable bonds is 7. The summed E-state index contributed by atoms with van der Waals surface area (Å²) < 4.78 is 18.0. The summed E-state index contributed by atoms with van der Waals surface area (Å²) >= 11 is 5.75. The van der Waals surface area contributed by atoms with Crippen molar-refractivity contribution in [2.24, 2.45) is 0 Å². The number of nitrogens with zero attached hydrogens (tertiary/aromatic N) is 1. The number of halogens is 2. The second-order valence-corrected chi connectivity index (χ2v) is 4.48. The SMILES string of the molecule is CCCN(CC(=O)O)C(=O)COc1ccc(F)cc1Cl. The van der Waals surface area contributed by atoms with Crippen LogP contribution in [0.1, 0.15) is 13.3 Å². The zero-order chi connectivity index (χ0) is 15.1. The van der Waals surface area contributed by atoms with Crippen molar-refractivity contribution in [1.29, 1.82) is 0 Å². The molecular weight excluding hydrogens is 289 g/mol. The maximum absolute atomic E-state index is 12.8. The fourth-order valence-electron chi connectivity index (χ4n) is 1.55. The normalized spacial score (nSPS) is 10.2. The van der Waals surface area contributed by atoms with Gasteiger partial charge in [0, 0.05) is 6.54 Å². The Bertz CT molecular complexity index is 495. The first-order valence-corrected chi connectivity index (χ1v) is 6.39. The largest absolute Gasteiger partial charge is 0.482 e. The highest BCUT2D eigenvalue weighted by Gasteiger charge is 2.17. The summed E-state index contributed by atoms with van der Waals surface area (Å²) in [6.45, 7) is 1.43. The van der Waals surface area contributed by atoms with E-state index in [2.05, 4.69) is 0 Å². The monoisotopic (exact) mass is 303 g/mol. The molecule has 0 saturated heterocycles. The smallest absolute Gasteiger partial charge is 0.323 e. The maximum Gasteiger partial charge on any atom is 0.323 e. The van der Waals surface area contributed by atoms with Crippen LogP contribution >= 0.6 is 11.6 Å². The molecule has 0 radical (unpaired) electrons. The van der Waals surface area contributed by atoms with Crippen LogP contribution in [0.5, 0.6) is 5.75 Å². The van der Waals surface area contributed by atoms with Gasteiger partial charge in [-0.05, 0) is 24.6 Å². The number of hydrogen-bond donors (Lipinski definition) is 1. The minimum atomic E-state index is -1.09. The van der Waals surface area contributed by atoms with E-state index in [9.17, 15) is 14.0 Å². The van der Waals surface area contributed by atoms with Crippen LogP contribution < -0.4 is 4.74 Å². The molecule has 0 saturated carbocycles. The maximum atomic E-state index is 12.8. The van der Waals surface area contributed by atoms with Crippen molar-refractivity contribution in [3.8, 4) is 5.75 Å². The van der Waals surface area contributed by atoms with E-state index < -0.39 is 17.7 Å². The van der Waals surface area contributed by atoms with E-state index in [0.29, 0.717) is 13.0 Å². The Morgan fingerprint density at radius 3 is 2.70 bits per heavy atom. The van der Waals surface area contributed by atoms with E-state index in [1.807, 2.05) is 6.92 Å².